The zero-order valence-electron chi connectivity index (χ0n) is 29.1. The number of anilines is 1. The van der Waals surface area contributed by atoms with Crippen molar-refractivity contribution in [3.05, 3.63) is 124 Å². The van der Waals surface area contributed by atoms with Gasteiger partial charge in [0.05, 0.1) is 29.8 Å². The Morgan fingerprint density at radius 3 is 2.23 bits per heavy atom. The van der Waals surface area contributed by atoms with Crippen molar-refractivity contribution in [3.63, 3.8) is 0 Å². The average molecular weight is 716 g/mol. The molecular formula is C39H36F3N3O7. The third-order valence-electron chi connectivity index (χ3n) is 8.87. The van der Waals surface area contributed by atoms with Gasteiger partial charge in [-0.05, 0) is 72.5 Å². The van der Waals surface area contributed by atoms with E-state index < -0.39 is 53.5 Å². The van der Waals surface area contributed by atoms with Gasteiger partial charge in [0.1, 0.15) is 6.61 Å². The monoisotopic (exact) mass is 715 g/mol. The van der Waals surface area contributed by atoms with Crippen molar-refractivity contribution in [2.45, 2.75) is 32.0 Å². The van der Waals surface area contributed by atoms with Crippen LogP contribution < -0.4 is 5.32 Å². The molecule has 0 saturated carbocycles. The first-order chi connectivity index (χ1) is 24.6. The van der Waals surface area contributed by atoms with E-state index in [9.17, 15) is 37.1 Å². The number of hydrogen-bond donors (Lipinski definition) is 1. The number of halogens is 3. The van der Waals surface area contributed by atoms with E-state index in [-0.39, 0.29) is 35.4 Å². The zero-order valence-corrected chi connectivity index (χ0v) is 29.1. The molecule has 1 atom stereocenters. The van der Waals surface area contributed by atoms with E-state index in [2.05, 4.69) is 5.32 Å². The molecule has 5 rings (SSSR count). The maximum atomic E-state index is 13.7. The number of hydrogen-bond acceptors (Lipinski definition) is 7. The molecule has 3 amide bonds. The van der Waals surface area contributed by atoms with Crippen molar-refractivity contribution >= 4 is 35.3 Å². The molecule has 0 spiro atoms. The van der Waals surface area contributed by atoms with Crippen LogP contribution in [0.15, 0.2) is 84.9 Å². The molecule has 1 aliphatic heterocycles. The number of nitrogens with zero attached hydrogens (tertiary/aromatic N) is 2. The van der Waals surface area contributed by atoms with Crippen LogP contribution in [-0.4, -0.2) is 73.8 Å². The standard InChI is InChI=1S/C39H36F3N3O7/c1-6-51-37(50)38(30-13-8-7-11-27(30)36(49)45(38)5)22-52-32(46)21-24-14-19-31(29(20-24)35(48)44(3)4)43-34(47)28-12-9-10-23(2)33(28)25-15-17-26(18-16-25)39(40,41)42/h7-20H,6,21-22H2,1-5H3,(H,43,47). The van der Waals surface area contributed by atoms with Gasteiger partial charge in [-0.1, -0.05) is 48.5 Å². The van der Waals surface area contributed by atoms with Gasteiger partial charge in [-0.2, -0.15) is 13.2 Å². The van der Waals surface area contributed by atoms with Gasteiger partial charge in [0.15, 0.2) is 0 Å². The Morgan fingerprint density at radius 2 is 1.58 bits per heavy atom. The summed E-state index contributed by atoms with van der Waals surface area (Å²) in [6.45, 7) is 2.87. The molecule has 1 N–H and O–H groups in total. The SMILES string of the molecule is CCOC(=O)C1(COC(=O)Cc2ccc(NC(=O)c3cccc(C)c3-c3ccc(C(F)(F)F)cc3)c(C(=O)N(C)C)c2)c2ccccc2C(=O)N1C. The predicted molar refractivity (Wildman–Crippen MR) is 186 cm³/mol. The molecule has 0 saturated heterocycles. The minimum absolute atomic E-state index is 0.0323. The van der Waals surface area contributed by atoms with Crippen LogP contribution in [0, 0.1) is 6.92 Å². The van der Waals surface area contributed by atoms with Gasteiger partial charge in [0.2, 0.25) is 5.54 Å². The number of esters is 2. The number of ether oxygens (including phenoxy) is 2. The van der Waals surface area contributed by atoms with Crippen LogP contribution in [-0.2, 0) is 37.2 Å². The van der Waals surface area contributed by atoms with Gasteiger partial charge in [-0.3, -0.25) is 19.2 Å². The summed E-state index contributed by atoms with van der Waals surface area (Å²) in [5, 5.41) is 2.75. The molecule has 0 radical (unpaired) electrons. The summed E-state index contributed by atoms with van der Waals surface area (Å²) in [5.41, 5.74) is 0.299. The van der Waals surface area contributed by atoms with Crippen LogP contribution in [0.3, 0.4) is 0 Å². The van der Waals surface area contributed by atoms with Crippen LogP contribution in [0.5, 0.6) is 0 Å². The van der Waals surface area contributed by atoms with Crippen molar-refractivity contribution in [1.82, 2.24) is 9.80 Å². The third kappa shape index (κ3) is 7.11. The fraction of sp³-hybridized carbons (Fsp3) is 0.256. The van der Waals surface area contributed by atoms with E-state index in [4.69, 9.17) is 9.47 Å². The average Bonchev–Trinajstić information content (AvgIpc) is 3.33. The smallest absolute Gasteiger partial charge is 0.416 e. The van der Waals surface area contributed by atoms with Crippen LogP contribution in [0.2, 0.25) is 0 Å². The number of amides is 3. The normalized spacial score (nSPS) is 15.2. The second kappa shape index (κ2) is 14.7. The summed E-state index contributed by atoms with van der Waals surface area (Å²) < 4.78 is 50.5. The number of fused-ring (bicyclic) bond motifs is 1. The number of carbonyl (C=O) groups is 5. The Morgan fingerprint density at radius 1 is 0.885 bits per heavy atom. The molecule has 10 nitrogen and oxygen atoms in total. The molecule has 4 aromatic carbocycles. The highest BCUT2D eigenvalue weighted by molar-refractivity contribution is 6.12. The summed E-state index contributed by atoms with van der Waals surface area (Å²) in [6, 6.07) is 20.3. The van der Waals surface area contributed by atoms with E-state index in [0.29, 0.717) is 27.8 Å². The van der Waals surface area contributed by atoms with Crippen LogP contribution in [0.4, 0.5) is 18.9 Å². The quantitative estimate of drug-likeness (QED) is 0.192. The predicted octanol–water partition coefficient (Wildman–Crippen LogP) is 6.26. The lowest BCUT2D eigenvalue weighted by molar-refractivity contribution is -0.164. The highest BCUT2D eigenvalue weighted by atomic mass is 19.4. The topological polar surface area (TPSA) is 122 Å². The summed E-state index contributed by atoms with van der Waals surface area (Å²) in [4.78, 5) is 69.1. The van der Waals surface area contributed by atoms with Gasteiger partial charge in [0, 0.05) is 37.8 Å². The molecule has 0 bridgehead atoms. The summed E-state index contributed by atoms with van der Waals surface area (Å²) in [5.74, 6) is -3.03. The molecule has 1 unspecified atom stereocenters. The number of aryl methyl sites for hydroxylation is 1. The van der Waals surface area contributed by atoms with Crippen LogP contribution >= 0.6 is 0 Å². The number of likely N-dealkylation sites (N-methyl/N-ethyl adjacent to an activating group) is 1. The lowest BCUT2D eigenvalue weighted by atomic mass is 9.90. The lowest BCUT2D eigenvalue weighted by Gasteiger charge is -2.33. The fourth-order valence-corrected chi connectivity index (χ4v) is 6.18. The number of nitrogens with one attached hydrogen (secondary N) is 1. The van der Waals surface area contributed by atoms with E-state index in [1.54, 1.807) is 50.2 Å². The maximum Gasteiger partial charge on any atom is 0.416 e. The minimum Gasteiger partial charge on any atom is -0.464 e. The fourth-order valence-electron chi connectivity index (χ4n) is 6.18. The molecule has 52 heavy (non-hydrogen) atoms. The van der Waals surface area contributed by atoms with Gasteiger partial charge in [-0.25, -0.2) is 4.79 Å². The van der Waals surface area contributed by atoms with Crippen molar-refractivity contribution in [3.8, 4) is 11.1 Å². The van der Waals surface area contributed by atoms with Gasteiger partial charge >= 0.3 is 18.1 Å². The summed E-state index contributed by atoms with van der Waals surface area (Å²) >= 11 is 0. The first-order valence-electron chi connectivity index (χ1n) is 16.2. The molecule has 1 heterocycles. The number of carbonyl (C=O) groups excluding carboxylic acids is 5. The first kappa shape index (κ1) is 37.3. The molecule has 270 valence electrons. The largest absolute Gasteiger partial charge is 0.464 e. The zero-order chi connectivity index (χ0) is 38.0. The maximum absolute atomic E-state index is 13.7. The number of rotatable bonds is 10. The van der Waals surface area contributed by atoms with Crippen molar-refractivity contribution < 1.29 is 46.6 Å². The van der Waals surface area contributed by atoms with E-state index in [0.717, 1.165) is 12.1 Å². The highest BCUT2D eigenvalue weighted by Gasteiger charge is 2.55. The molecule has 4 aromatic rings. The Balaban J connectivity index is 1.39. The summed E-state index contributed by atoms with van der Waals surface area (Å²) in [7, 11) is 4.47. The third-order valence-corrected chi connectivity index (χ3v) is 8.87. The van der Waals surface area contributed by atoms with E-state index >= 15 is 0 Å². The number of benzene rings is 4. The Labute approximate surface area is 298 Å². The lowest BCUT2D eigenvalue weighted by Crippen LogP contribution is -2.52. The first-order valence-corrected chi connectivity index (χ1v) is 16.2. The van der Waals surface area contributed by atoms with E-state index in [1.165, 1.54) is 67.3 Å². The number of alkyl halides is 3. The molecule has 13 heteroatoms. The van der Waals surface area contributed by atoms with Crippen LogP contribution in [0.25, 0.3) is 11.1 Å². The molecule has 0 aliphatic carbocycles. The Kier molecular flexibility index (Phi) is 10.5. The molecule has 0 aromatic heterocycles. The van der Waals surface area contributed by atoms with Crippen molar-refractivity contribution in [2.75, 3.05) is 39.7 Å². The highest BCUT2D eigenvalue weighted by Crippen LogP contribution is 2.40. The molecule has 0 fully saturated rings. The van der Waals surface area contributed by atoms with Gasteiger partial charge < -0.3 is 24.6 Å². The second-order valence-electron chi connectivity index (χ2n) is 12.4. The molecule has 1 aliphatic rings. The van der Waals surface area contributed by atoms with Crippen molar-refractivity contribution in [1.29, 1.82) is 0 Å². The Hall–Kier alpha value is -5.98. The Bertz CT molecular complexity index is 2060. The van der Waals surface area contributed by atoms with Gasteiger partial charge in [0.25, 0.3) is 17.7 Å². The molecular weight excluding hydrogens is 679 g/mol. The van der Waals surface area contributed by atoms with Crippen molar-refractivity contribution in [2.24, 2.45) is 0 Å². The van der Waals surface area contributed by atoms with E-state index in [1.807, 2.05) is 0 Å². The van der Waals surface area contributed by atoms with Crippen LogP contribution in [0.1, 0.15) is 60.3 Å². The second-order valence-corrected chi connectivity index (χ2v) is 12.4. The van der Waals surface area contributed by atoms with Gasteiger partial charge in [-0.15, -0.1) is 0 Å². The summed E-state index contributed by atoms with van der Waals surface area (Å²) in [6.07, 6.45) is -4.84. The minimum atomic E-state index is -4.52.